The van der Waals surface area contributed by atoms with Crippen molar-refractivity contribution in [1.82, 2.24) is 10.0 Å². The van der Waals surface area contributed by atoms with Crippen LogP contribution in [0, 0.1) is 0 Å². The molecule has 0 aromatic heterocycles. The Bertz CT molecular complexity index is 217. The first-order valence-electron chi connectivity index (χ1n) is 4.15. The highest BCUT2D eigenvalue weighted by Gasteiger charge is 2.12. The molecule has 1 unspecified atom stereocenters. The fourth-order valence-corrected chi connectivity index (χ4v) is 2.86. The number of nitrogens with one attached hydrogen (secondary N) is 2. The van der Waals surface area contributed by atoms with Gasteiger partial charge in [-0.15, -0.1) is 0 Å². The average molecular weight is 226 g/mol. The predicted octanol–water partition coefficient (Wildman–Crippen LogP) is -0.123. The van der Waals surface area contributed by atoms with Gasteiger partial charge in [-0.3, -0.25) is 0 Å². The Morgan fingerprint density at radius 2 is 2.08 bits per heavy atom. The smallest absolute Gasteiger partial charge is 0.213 e. The number of sulfonamides is 1. The quantitative estimate of drug-likeness (QED) is 0.635. The van der Waals surface area contributed by atoms with Gasteiger partial charge in [0.15, 0.2) is 0 Å². The van der Waals surface area contributed by atoms with E-state index in [1.54, 1.807) is 18.8 Å². The maximum atomic E-state index is 11.3. The third kappa shape index (κ3) is 7.30. The fourth-order valence-electron chi connectivity index (χ4n) is 0.886. The van der Waals surface area contributed by atoms with Gasteiger partial charge in [0.2, 0.25) is 10.0 Å². The molecule has 0 aliphatic carbocycles. The molecule has 0 fully saturated rings. The lowest BCUT2D eigenvalue weighted by atomic mass is 10.4. The summed E-state index contributed by atoms with van der Waals surface area (Å²) in [7, 11) is -1.35. The molecule has 0 aromatic carbocycles. The summed E-state index contributed by atoms with van der Waals surface area (Å²) in [6, 6.07) is 0.0110. The van der Waals surface area contributed by atoms with Gasteiger partial charge in [0.1, 0.15) is 0 Å². The molecule has 0 spiro atoms. The first-order valence-corrected chi connectivity index (χ1v) is 7.20. The highest BCUT2D eigenvalue weighted by molar-refractivity contribution is 7.98. The lowest BCUT2D eigenvalue weighted by Gasteiger charge is -2.12. The Hall–Kier alpha value is 0.220. The van der Waals surface area contributed by atoms with E-state index in [1.807, 2.05) is 13.2 Å². The van der Waals surface area contributed by atoms with Crippen molar-refractivity contribution in [3.05, 3.63) is 0 Å². The molecule has 0 amide bonds. The lowest BCUT2D eigenvalue weighted by molar-refractivity contribution is 0.569. The van der Waals surface area contributed by atoms with Crippen molar-refractivity contribution in [2.24, 2.45) is 0 Å². The number of thioether (sulfide) groups is 1. The Labute approximate surface area is 84.9 Å². The summed E-state index contributed by atoms with van der Waals surface area (Å²) in [5.41, 5.74) is 0. The average Bonchev–Trinajstić information content (AvgIpc) is 2.00. The van der Waals surface area contributed by atoms with Crippen LogP contribution >= 0.6 is 11.8 Å². The van der Waals surface area contributed by atoms with Crippen LogP contribution in [0.15, 0.2) is 0 Å². The van der Waals surface area contributed by atoms with Crippen LogP contribution in [0.5, 0.6) is 0 Å². The third-order valence-corrected chi connectivity index (χ3v) is 3.75. The standard InChI is InChI=1S/C7H18N2O2S2/c1-7(6-12-3)9-13(10,11)5-4-8-2/h7-9H,4-6H2,1-3H3. The maximum absolute atomic E-state index is 11.3. The Kier molecular flexibility index (Phi) is 6.75. The Morgan fingerprint density at radius 1 is 1.46 bits per heavy atom. The summed E-state index contributed by atoms with van der Waals surface area (Å²) in [5, 5.41) is 2.80. The van der Waals surface area contributed by atoms with Crippen LogP contribution in [0.25, 0.3) is 0 Å². The molecule has 0 aliphatic heterocycles. The first-order chi connectivity index (χ1) is 6.02. The van der Waals surface area contributed by atoms with Gasteiger partial charge in [-0.1, -0.05) is 0 Å². The highest BCUT2D eigenvalue weighted by atomic mass is 32.2. The zero-order valence-electron chi connectivity index (χ0n) is 8.33. The van der Waals surface area contributed by atoms with Crippen molar-refractivity contribution in [2.45, 2.75) is 13.0 Å². The van der Waals surface area contributed by atoms with E-state index in [0.29, 0.717) is 6.54 Å². The summed E-state index contributed by atoms with van der Waals surface area (Å²) < 4.78 is 25.2. The Morgan fingerprint density at radius 3 is 2.54 bits per heavy atom. The van der Waals surface area contributed by atoms with E-state index in [9.17, 15) is 8.42 Å². The van der Waals surface area contributed by atoms with Gasteiger partial charge in [0, 0.05) is 18.3 Å². The number of hydrogen-bond donors (Lipinski definition) is 2. The largest absolute Gasteiger partial charge is 0.319 e. The summed E-state index contributed by atoms with van der Waals surface area (Å²) >= 11 is 1.63. The minimum Gasteiger partial charge on any atom is -0.319 e. The van der Waals surface area contributed by atoms with E-state index < -0.39 is 10.0 Å². The van der Waals surface area contributed by atoms with E-state index in [1.165, 1.54) is 0 Å². The van der Waals surface area contributed by atoms with E-state index in [-0.39, 0.29) is 11.8 Å². The molecule has 0 heterocycles. The molecule has 6 heteroatoms. The van der Waals surface area contributed by atoms with Gasteiger partial charge in [-0.2, -0.15) is 11.8 Å². The molecular weight excluding hydrogens is 208 g/mol. The zero-order chi connectivity index (χ0) is 10.3. The third-order valence-electron chi connectivity index (χ3n) is 1.42. The molecule has 0 bridgehead atoms. The predicted molar refractivity (Wildman–Crippen MR) is 58.7 cm³/mol. The second kappa shape index (κ2) is 6.64. The molecular formula is C7H18N2O2S2. The number of hydrogen-bond acceptors (Lipinski definition) is 4. The van der Waals surface area contributed by atoms with Crippen molar-refractivity contribution in [3.8, 4) is 0 Å². The highest BCUT2D eigenvalue weighted by Crippen LogP contribution is 1.97. The van der Waals surface area contributed by atoms with Crippen LogP contribution in [0.2, 0.25) is 0 Å². The molecule has 2 N–H and O–H groups in total. The fraction of sp³-hybridized carbons (Fsp3) is 1.00. The molecule has 4 nitrogen and oxygen atoms in total. The van der Waals surface area contributed by atoms with E-state index in [4.69, 9.17) is 0 Å². The molecule has 0 aliphatic rings. The van der Waals surface area contributed by atoms with E-state index in [0.717, 1.165) is 5.75 Å². The molecule has 0 aromatic rings. The summed E-state index contributed by atoms with van der Waals surface area (Å²) in [4.78, 5) is 0. The van der Waals surface area contributed by atoms with E-state index >= 15 is 0 Å². The number of rotatable bonds is 7. The molecule has 0 saturated carbocycles. The van der Waals surface area contributed by atoms with Crippen LogP contribution in [-0.4, -0.2) is 45.8 Å². The molecule has 0 rings (SSSR count). The normalized spacial score (nSPS) is 14.4. The summed E-state index contributed by atoms with van der Waals surface area (Å²) in [6.07, 6.45) is 1.96. The van der Waals surface area contributed by atoms with Crippen molar-refractivity contribution >= 4 is 21.8 Å². The maximum Gasteiger partial charge on any atom is 0.213 e. The first kappa shape index (κ1) is 13.2. The van der Waals surface area contributed by atoms with Crippen LogP contribution in [0.4, 0.5) is 0 Å². The van der Waals surface area contributed by atoms with Crippen LogP contribution in [-0.2, 0) is 10.0 Å². The van der Waals surface area contributed by atoms with Gasteiger partial charge in [-0.25, -0.2) is 13.1 Å². The molecule has 13 heavy (non-hydrogen) atoms. The van der Waals surface area contributed by atoms with Crippen molar-refractivity contribution in [1.29, 1.82) is 0 Å². The second-order valence-electron chi connectivity index (χ2n) is 2.90. The molecule has 80 valence electrons. The van der Waals surface area contributed by atoms with Crippen LogP contribution < -0.4 is 10.0 Å². The monoisotopic (exact) mass is 226 g/mol. The van der Waals surface area contributed by atoms with Gasteiger partial charge < -0.3 is 5.32 Å². The van der Waals surface area contributed by atoms with Gasteiger partial charge in [0.05, 0.1) is 5.75 Å². The van der Waals surface area contributed by atoms with Gasteiger partial charge in [-0.05, 0) is 20.2 Å². The second-order valence-corrected chi connectivity index (χ2v) is 5.68. The SMILES string of the molecule is CNCCS(=O)(=O)NC(C)CSC. The topological polar surface area (TPSA) is 58.2 Å². The van der Waals surface area contributed by atoms with Crippen molar-refractivity contribution < 1.29 is 8.42 Å². The van der Waals surface area contributed by atoms with Crippen LogP contribution in [0.1, 0.15) is 6.92 Å². The molecule has 1 atom stereocenters. The van der Waals surface area contributed by atoms with Crippen LogP contribution in [0.3, 0.4) is 0 Å². The molecule has 0 radical (unpaired) electrons. The zero-order valence-corrected chi connectivity index (χ0v) is 9.96. The van der Waals surface area contributed by atoms with E-state index in [2.05, 4.69) is 10.0 Å². The van der Waals surface area contributed by atoms with Gasteiger partial charge >= 0.3 is 0 Å². The van der Waals surface area contributed by atoms with Crippen molar-refractivity contribution in [3.63, 3.8) is 0 Å². The molecule has 0 saturated heterocycles. The summed E-state index contributed by atoms with van der Waals surface area (Å²) in [5.74, 6) is 0.945. The minimum absolute atomic E-state index is 0.0110. The Balaban J connectivity index is 3.87. The minimum atomic E-state index is -3.09. The van der Waals surface area contributed by atoms with Crippen molar-refractivity contribution in [2.75, 3.05) is 31.4 Å². The lowest BCUT2D eigenvalue weighted by Crippen LogP contribution is -2.38. The summed E-state index contributed by atoms with van der Waals surface area (Å²) in [6.45, 7) is 2.36. The van der Waals surface area contributed by atoms with Gasteiger partial charge in [0.25, 0.3) is 0 Å².